The van der Waals surface area contributed by atoms with Gasteiger partial charge in [0.15, 0.2) is 6.23 Å². The van der Waals surface area contributed by atoms with Crippen molar-refractivity contribution < 1.29 is 24.9 Å². The molecule has 5 atom stereocenters. The van der Waals surface area contributed by atoms with Crippen LogP contribution in [0.1, 0.15) is 5.56 Å². The first-order valence-electron chi connectivity index (χ1n) is 7.72. The van der Waals surface area contributed by atoms with Crippen LogP contribution in [-0.4, -0.2) is 68.5 Å². The lowest BCUT2D eigenvalue weighted by molar-refractivity contribution is -0.0716. The molecule has 3 rings (SSSR count). The Labute approximate surface area is 139 Å². The maximum absolute atomic E-state index is 12.8. The molecule has 0 bridgehead atoms. The molecule has 130 valence electrons. The molecule has 2 aliphatic rings. The van der Waals surface area contributed by atoms with Gasteiger partial charge in [-0.3, -0.25) is 4.90 Å². The van der Waals surface area contributed by atoms with E-state index in [1.165, 1.54) is 16.0 Å². The van der Waals surface area contributed by atoms with E-state index in [1.54, 1.807) is 6.08 Å². The molecule has 8 heteroatoms. The van der Waals surface area contributed by atoms with Crippen LogP contribution in [0.2, 0.25) is 0 Å². The zero-order valence-electron chi connectivity index (χ0n) is 13.0. The molecule has 0 aliphatic carbocycles. The number of nitrogens with two attached hydrogens (primary N) is 1. The summed E-state index contributed by atoms with van der Waals surface area (Å²) < 4.78 is 5.42. The normalized spacial score (nSPS) is 33.3. The Kier molecular flexibility index (Phi) is 4.83. The molecule has 0 spiro atoms. The minimum atomic E-state index is -1.32. The van der Waals surface area contributed by atoms with E-state index >= 15 is 0 Å². The maximum Gasteiger partial charge on any atom is 0.328 e. The van der Waals surface area contributed by atoms with Crippen molar-refractivity contribution in [3.63, 3.8) is 0 Å². The summed E-state index contributed by atoms with van der Waals surface area (Å²) >= 11 is 0. The predicted molar refractivity (Wildman–Crippen MR) is 84.1 cm³/mol. The monoisotopic (exact) mass is 335 g/mol. The third kappa shape index (κ3) is 3.02. The quantitative estimate of drug-likeness (QED) is 0.570. The highest BCUT2D eigenvalue weighted by atomic mass is 16.6. The van der Waals surface area contributed by atoms with Gasteiger partial charge in [0, 0.05) is 12.7 Å². The van der Waals surface area contributed by atoms with Crippen molar-refractivity contribution in [1.29, 1.82) is 0 Å². The topological polar surface area (TPSA) is 119 Å². The van der Waals surface area contributed by atoms with Gasteiger partial charge in [0.25, 0.3) is 0 Å². The van der Waals surface area contributed by atoms with Crippen LogP contribution in [0, 0.1) is 0 Å². The first kappa shape index (κ1) is 16.9. The second kappa shape index (κ2) is 6.88. The zero-order chi connectivity index (χ0) is 17.3. The van der Waals surface area contributed by atoms with Crippen LogP contribution < -0.4 is 5.73 Å². The molecule has 0 radical (unpaired) electrons. The fourth-order valence-corrected chi connectivity index (χ4v) is 2.88. The van der Waals surface area contributed by atoms with E-state index in [0.29, 0.717) is 6.54 Å². The largest absolute Gasteiger partial charge is 0.394 e. The lowest BCUT2D eigenvalue weighted by Crippen LogP contribution is -2.56. The lowest BCUT2D eigenvalue weighted by Gasteiger charge is -2.38. The average Bonchev–Trinajstić information content (AvgIpc) is 2.88. The van der Waals surface area contributed by atoms with Crippen LogP contribution in [0.5, 0.6) is 0 Å². The molecule has 8 nitrogen and oxygen atoms in total. The molecule has 1 saturated heterocycles. The van der Waals surface area contributed by atoms with E-state index in [9.17, 15) is 20.1 Å². The maximum atomic E-state index is 12.8. The highest BCUT2D eigenvalue weighted by Gasteiger charge is 2.47. The fraction of sp³-hybridized carbons (Fsp3) is 0.438. The van der Waals surface area contributed by atoms with Crippen molar-refractivity contribution in [2.45, 2.75) is 37.3 Å². The number of hydrogen-bond donors (Lipinski definition) is 4. The van der Waals surface area contributed by atoms with Crippen LogP contribution in [0.15, 0.2) is 42.6 Å². The SMILES string of the molecule is NC1C=CN([C@@H]2O[C@H](CO)[C@@H](O)[C@H]2O)C(=O)N1Cc1ccccc1. The van der Waals surface area contributed by atoms with Gasteiger partial charge in [-0.25, -0.2) is 4.79 Å². The number of aliphatic hydroxyl groups is 3. The molecule has 0 aromatic heterocycles. The van der Waals surface area contributed by atoms with Crippen molar-refractivity contribution in [1.82, 2.24) is 9.80 Å². The van der Waals surface area contributed by atoms with E-state index in [2.05, 4.69) is 0 Å². The second-order valence-electron chi connectivity index (χ2n) is 5.86. The molecule has 1 aromatic rings. The highest BCUT2D eigenvalue weighted by Crippen LogP contribution is 2.27. The molecule has 2 heterocycles. The molecule has 24 heavy (non-hydrogen) atoms. The third-order valence-corrected chi connectivity index (χ3v) is 4.26. The minimum absolute atomic E-state index is 0.302. The molecule has 2 aliphatic heterocycles. The van der Waals surface area contributed by atoms with Gasteiger partial charge >= 0.3 is 6.03 Å². The standard InChI is InChI=1S/C16H21N3O5/c17-12-6-7-18(15-14(22)13(21)11(9-20)24-15)16(23)19(12)8-10-4-2-1-3-5-10/h1-7,11-15,20-22H,8-9,17H2/t11-,12?,13-,14-,15-/m1/s1. The summed E-state index contributed by atoms with van der Waals surface area (Å²) in [6.07, 6.45) is -2.15. The summed E-state index contributed by atoms with van der Waals surface area (Å²) in [4.78, 5) is 15.4. The molecule has 1 unspecified atom stereocenters. The van der Waals surface area contributed by atoms with Gasteiger partial charge in [-0.2, -0.15) is 0 Å². The van der Waals surface area contributed by atoms with Gasteiger partial charge in [0.05, 0.1) is 6.61 Å². The Bertz CT molecular complexity index is 611. The number of aliphatic hydroxyl groups excluding tert-OH is 3. The number of amides is 2. The van der Waals surface area contributed by atoms with E-state index in [4.69, 9.17) is 10.5 Å². The number of benzene rings is 1. The molecule has 1 fully saturated rings. The number of nitrogens with zero attached hydrogens (tertiary/aromatic N) is 2. The van der Waals surface area contributed by atoms with Crippen LogP contribution in [-0.2, 0) is 11.3 Å². The predicted octanol–water partition coefficient (Wildman–Crippen LogP) is -0.838. The fourth-order valence-electron chi connectivity index (χ4n) is 2.88. The number of ether oxygens (including phenoxy) is 1. The molecular formula is C16H21N3O5. The van der Waals surface area contributed by atoms with Gasteiger partial charge in [-0.1, -0.05) is 30.3 Å². The van der Waals surface area contributed by atoms with Crippen LogP contribution in [0.4, 0.5) is 4.79 Å². The van der Waals surface area contributed by atoms with Gasteiger partial charge in [-0.15, -0.1) is 0 Å². The van der Waals surface area contributed by atoms with Crippen molar-refractivity contribution in [2.75, 3.05) is 6.61 Å². The summed E-state index contributed by atoms with van der Waals surface area (Å²) in [6, 6.07) is 8.95. The molecular weight excluding hydrogens is 314 g/mol. The van der Waals surface area contributed by atoms with Gasteiger partial charge in [0.1, 0.15) is 24.5 Å². The number of rotatable bonds is 4. The molecule has 0 saturated carbocycles. The lowest BCUT2D eigenvalue weighted by atomic mass is 10.1. The van der Waals surface area contributed by atoms with Crippen LogP contribution in [0.25, 0.3) is 0 Å². The smallest absolute Gasteiger partial charge is 0.328 e. The Morgan fingerprint density at radius 3 is 2.50 bits per heavy atom. The summed E-state index contributed by atoms with van der Waals surface area (Å²) in [5, 5.41) is 29.1. The number of carbonyl (C=O) groups excluding carboxylic acids is 1. The Balaban J connectivity index is 1.78. The van der Waals surface area contributed by atoms with Crippen molar-refractivity contribution in [3.8, 4) is 0 Å². The summed E-state index contributed by atoms with van der Waals surface area (Å²) in [7, 11) is 0. The van der Waals surface area contributed by atoms with E-state index in [-0.39, 0.29) is 0 Å². The Morgan fingerprint density at radius 1 is 1.17 bits per heavy atom. The zero-order valence-corrected chi connectivity index (χ0v) is 13.0. The van der Waals surface area contributed by atoms with Crippen LogP contribution >= 0.6 is 0 Å². The summed E-state index contributed by atoms with van der Waals surface area (Å²) in [5.41, 5.74) is 6.91. The second-order valence-corrected chi connectivity index (χ2v) is 5.86. The number of urea groups is 1. The van der Waals surface area contributed by atoms with Gasteiger partial charge in [-0.05, 0) is 11.6 Å². The number of carbonyl (C=O) groups is 1. The van der Waals surface area contributed by atoms with Crippen molar-refractivity contribution >= 4 is 6.03 Å². The van der Waals surface area contributed by atoms with E-state index in [0.717, 1.165) is 5.56 Å². The van der Waals surface area contributed by atoms with E-state index < -0.39 is 43.3 Å². The Hall–Kier alpha value is -1.97. The minimum Gasteiger partial charge on any atom is -0.394 e. The molecule has 1 aromatic carbocycles. The first-order valence-corrected chi connectivity index (χ1v) is 7.72. The highest BCUT2D eigenvalue weighted by molar-refractivity contribution is 5.77. The summed E-state index contributed by atoms with van der Waals surface area (Å²) in [5.74, 6) is 0. The van der Waals surface area contributed by atoms with Crippen molar-refractivity contribution in [3.05, 3.63) is 48.2 Å². The van der Waals surface area contributed by atoms with Gasteiger partial charge < -0.3 is 30.7 Å². The van der Waals surface area contributed by atoms with Crippen molar-refractivity contribution in [2.24, 2.45) is 5.73 Å². The molecule has 2 amide bonds. The van der Waals surface area contributed by atoms with Crippen LogP contribution in [0.3, 0.4) is 0 Å². The average molecular weight is 335 g/mol. The van der Waals surface area contributed by atoms with Gasteiger partial charge in [0.2, 0.25) is 0 Å². The first-order chi connectivity index (χ1) is 11.5. The molecule has 5 N–H and O–H groups in total. The third-order valence-electron chi connectivity index (χ3n) is 4.26. The van der Waals surface area contributed by atoms with E-state index in [1.807, 2.05) is 30.3 Å². The Morgan fingerprint density at radius 2 is 1.88 bits per heavy atom. The number of hydrogen-bond acceptors (Lipinski definition) is 6. The summed E-state index contributed by atoms with van der Waals surface area (Å²) in [6.45, 7) is -0.149.